The van der Waals surface area contributed by atoms with Crippen molar-refractivity contribution in [3.8, 4) is 0 Å². The first-order chi connectivity index (χ1) is 7.79. The molecule has 1 heterocycles. The molecular weight excluding hydrogens is 218 g/mol. The lowest BCUT2D eigenvalue weighted by atomic mass is 10.0. The molecule has 1 N–H and O–H groups in total. The van der Waals surface area contributed by atoms with Crippen LogP contribution in [0.25, 0.3) is 0 Å². The van der Waals surface area contributed by atoms with Crippen molar-refractivity contribution < 1.29 is 4.74 Å². The zero-order valence-corrected chi connectivity index (χ0v) is 10.7. The molecule has 1 saturated heterocycles. The number of anilines is 1. The average Bonchev–Trinajstić information content (AvgIpc) is 2.83. The smallest absolute Gasteiger partial charge is 0.0514 e. The van der Waals surface area contributed by atoms with Crippen LogP contribution < -0.4 is 5.32 Å². The molecule has 0 spiro atoms. The van der Waals surface area contributed by atoms with E-state index in [9.17, 15) is 0 Å². The first-order valence-electron chi connectivity index (χ1n) is 5.78. The van der Waals surface area contributed by atoms with Crippen molar-refractivity contribution in [2.24, 2.45) is 5.92 Å². The Hall–Kier alpha value is -0.670. The highest BCUT2D eigenvalue weighted by Crippen LogP contribution is 2.22. The third kappa shape index (κ3) is 2.92. The fourth-order valence-electron chi connectivity index (χ4n) is 2.02. The predicted octanol–water partition coefficient (Wildman–Crippen LogP) is 3.25. The van der Waals surface area contributed by atoms with Crippen molar-refractivity contribution in [1.82, 2.24) is 0 Å². The summed E-state index contributed by atoms with van der Waals surface area (Å²) in [4.78, 5) is 1.31. The third-order valence-electron chi connectivity index (χ3n) is 3.16. The Morgan fingerprint density at radius 1 is 1.38 bits per heavy atom. The molecule has 0 bridgehead atoms. The molecule has 0 aliphatic carbocycles. The minimum absolute atomic E-state index is 0.489. The van der Waals surface area contributed by atoms with Crippen LogP contribution in [-0.2, 0) is 4.74 Å². The van der Waals surface area contributed by atoms with Crippen LogP contribution in [0.2, 0.25) is 0 Å². The molecule has 1 aromatic rings. The van der Waals surface area contributed by atoms with Crippen LogP contribution in [0.5, 0.6) is 0 Å². The maximum Gasteiger partial charge on any atom is 0.0514 e. The second-order valence-corrected chi connectivity index (χ2v) is 5.16. The van der Waals surface area contributed by atoms with E-state index in [-0.39, 0.29) is 0 Å². The Kier molecular flexibility index (Phi) is 4.13. The fourth-order valence-corrected chi connectivity index (χ4v) is 2.42. The first-order valence-corrected chi connectivity index (χ1v) is 7.00. The number of rotatable bonds is 4. The first kappa shape index (κ1) is 11.8. The van der Waals surface area contributed by atoms with Crippen LogP contribution in [0.3, 0.4) is 0 Å². The highest BCUT2D eigenvalue weighted by Gasteiger charge is 2.21. The maximum atomic E-state index is 5.41. The summed E-state index contributed by atoms with van der Waals surface area (Å²) >= 11 is 1.77. The molecule has 1 aliphatic heterocycles. The zero-order chi connectivity index (χ0) is 11.4. The van der Waals surface area contributed by atoms with Crippen molar-refractivity contribution in [3.63, 3.8) is 0 Å². The average molecular weight is 237 g/mol. The summed E-state index contributed by atoms with van der Waals surface area (Å²) in [7, 11) is 0. The highest BCUT2D eigenvalue weighted by atomic mass is 32.2. The second-order valence-electron chi connectivity index (χ2n) is 4.29. The Balaban J connectivity index is 1.92. The van der Waals surface area contributed by atoms with E-state index in [1.54, 1.807) is 11.8 Å². The summed E-state index contributed by atoms with van der Waals surface area (Å²) in [6, 6.07) is 9.11. The molecule has 2 rings (SSSR count). The van der Waals surface area contributed by atoms with Gasteiger partial charge in [0.2, 0.25) is 0 Å². The zero-order valence-electron chi connectivity index (χ0n) is 9.90. The van der Waals surface area contributed by atoms with Gasteiger partial charge in [-0.25, -0.2) is 0 Å². The third-order valence-corrected chi connectivity index (χ3v) is 3.90. The topological polar surface area (TPSA) is 21.3 Å². The summed E-state index contributed by atoms with van der Waals surface area (Å²) in [5.41, 5.74) is 1.21. The van der Waals surface area contributed by atoms with E-state index in [0.29, 0.717) is 12.0 Å². The van der Waals surface area contributed by atoms with Crippen molar-refractivity contribution >= 4 is 17.4 Å². The standard InChI is InChI=1S/C13H19NOS/c1-10(11-7-8-15-9-11)14-12-3-5-13(16-2)6-4-12/h3-6,10-11,14H,7-9H2,1-2H3. The minimum atomic E-state index is 0.489. The molecule has 1 aliphatic rings. The molecule has 1 aromatic carbocycles. The van der Waals surface area contributed by atoms with E-state index in [0.717, 1.165) is 13.2 Å². The molecule has 16 heavy (non-hydrogen) atoms. The summed E-state index contributed by atoms with van der Waals surface area (Å²) in [6.45, 7) is 4.06. The van der Waals surface area contributed by atoms with Crippen molar-refractivity contribution in [2.75, 3.05) is 24.8 Å². The van der Waals surface area contributed by atoms with Gasteiger partial charge in [-0.3, -0.25) is 0 Å². The molecule has 1 fully saturated rings. The monoisotopic (exact) mass is 237 g/mol. The Morgan fingerprint density at radius 3 is 2.69 bits per heavy atom. The quantitative estimate of drug-likeness (QED) is 0.812. The highest BCUT2D eigenvalue weighted by molar-refractivity contribution is 7.98. The molecule has 0 aromatic heterocycles. The van der Waals surface area contributed by atoms with Crippen LogP contribution in [0.1, 0.15) is 13.3 Å². The van der Waals surface area contributed by atoms with Gasteiger partial charge in [0.25, 0.3) is 0 Å². The molecule has 2 unspecified atom stereocenters. The van der Waals surface area contributed by atoms with Gasteiger partial charge in [-0.2, -0.15) is 0 Å². The van der Waals surface area contributed by atoms with E-state index in [1.807, 2.05) is 0 Å². The van der Waals surface area contributed by atoms with Gasteiger partial charge in [-0.15, -0.1) is 11.8 Å². The van der Waals surface area contributed by atoms with Crippen LogP contribution >= 0.6 is 11.8 Å². The van der Waals surface area contributed by atoms with Gasteiger partial charge < -0.3 is 10.1 Å². The Morgan fingerprint density at radius 2 is 2.12 bits per heavy atom. The lowest BCUT2D eigenvalue weighted by Gasteiger charge is -2.20. The lowest BCUT2D eigenvalue weighted by molar-refractivity contribution is 0.183. The summed E-state index contributed by atoms with van der Waals surface area (Å²) in [5, 5.41) is 3.55. The van der Waals surface area contributed by atoms with Gasteiger partial charge in [-0.1, -0.05) is 0 Å². The number of hydrogen-bond donors (Lipinski definition) is 1. The molecule has 0 radical (unpaired) electrons. The SMILES string of the molecule is CSc1ccc(NC(C)C2CCOC2)cc1. The van der Waals surface area contributed by atoms with E-state index in [4.69, 9.17) is 4.74 Å². The van der Waals surface area contributed by atoms with Crippen LogP contribution in [0, 0.1) is 5.92 Å². The summed E-state index contributed by atoms with van der Waals surface area (Å²) in [6.07, 6.45) is 3.28. The van der Waals surface area contributed by atoms with Crippen LogP contribution in [0.4, 0.5) is 5.69 Å². The van der Waals surface area contributed by atoms with E-state index in [1.165, 1.54) is 17.0 Å². The number of nitrogens with one attached hydrogen (secondary N) is 1. The summed E-state index contributed by atoms with van der Waals surface area (Å²) < 4.78 is 5.41. The van der Waals surface area contributed by atoms with E-state index in [2.05, 4.69) is 42.8 Å². The van der Waals surface area contributed by atoms with Crippen LogP contribution in [0.15, 0.2) is 29.2 Å². The molecule has 2 atom stereocenters. The van der Waals surface area contributed by atoms with Crippen molar-refractivity contribution in [3.05, 3.63) is 24.3 Å². The van der Waals surface area contributed by atoms with Gasteiger partial charge in [0, 0.05) is 29.1 Å². The lowest BCUT2D eigenvalue weighted by Crippen LogP contribution is -2.25. The minimum Gasteiger partial charge on any atom is -0.382 e. The maximum absolute atomic E-state index is 5.41. The number of benzene rings is 1. The normalized spacial score (nSPS) is 22.0. The van der Waals surface area contributed by atoms with E-state index >= 15 is 0 Å². The largest absolute Gasteiger partial charge is 0.382 e. The van der Waals surface area contributed by atoms with Gasteiger partial charge >= 0.3 is 0 Å². The van der Waals surface area contributed by atoms with Gasteiger partial charge in [-0.05, 0) is 43.9 Å². The van der Waals surface area contributed by atoms with Gasteiger partial charge in [0.15, 0.2) is 0 Å². The predicted molar refractivity (Wildman–Crippen MR) is 70.2 cm³/mol. The summed E-state index contributed by atoms with van der Waals surface area (Å²) in [5.74, 6) is 0.653. The molecule has 88 valence electrons. The molecule has 0 amide bonds. The Bertz CT molecular complexity index is 319. The molecule has 3 heteroatoms. The fraction of sp³-hybridized carbons (Fsp3) is 0.538. The second kappa shape index (κ2) is 5.60. The van der Waals surface area contributed by atoms with Crippen molar-refractivity contribution in [1.29, 1.82) is 0 Å². The number of thioether (sulfide) groups is 1. The molecule has 2 nitrogen and oxygen atoms in total. The van der Waals surface area contributed by atoms with Gasteiger partial charge in [0.05, 0.1) is 6.61 Å². The van der Waals surface area contributed by atoms with Crippen molar-refractivity contribution in [2.45, 2.75) is 24.3 Å². The van der Waals surface area contributed by atoms with E-state index < -0.39 is 0 Å². The Labute approximate surface area is 102 Å². The molecule has 0 saturated carbocycles. The number of hydrogen-bond acceptors (Lipinski definition) is 3. The number of ether oxygens (including phenoxy) is 1. The molecular formula is C13H19NOS. The van der Waals surface area contributed by atoms with Gasteiger partial charge in [0.1, 0.15) is 0 Å². The van der Waals surface area contributed by atoms with Crippen LogP contribution in [-0.4, -0.2) is 25.5 Å².